The summed E-state index contributed by atoms with van der Waals surface area (Å²) < 4.78 is 5.80. The van der Waals surface area contributed by atoms with Gasteiger partial charge in [-0.1, -0.05) is 44.2 Å². The Morgan fingerprint density at radius 2 is 1.78 bits per heavy atom. The second-order valence-electron chi connectivity index (χ2n) is 6.89. The molecule has 6 heteroatoms. The zero-order valence-corrected chi connectivity index (χ0v) is 15.2. The molecule has 1 amide bonds. The predicted molar refractivity (Wildman–Crippen MR) is 104 cm³/mol. The van der Waals surface area contributed by atoms with Crippen LogP contribution in [0.2, 0.25) is 0 Å². The van der Waals surface area contributed by atoms with E-state index in [1.165, 1.54) is 50.3 Å². The number of carbonyl (C=O) groups is 1. The Labute approximate surface area is 158 Å². The maximum atomic E-state index is 12.3. The monoisotopic (exact) mass is 368 g/mol. The minimum absolute atomic E-state index is 0.0373. The van der Waals surface area contributed by atoms with Crippen LogP contribution in [0.3, 0.4) is 0 Å². The van der Waals surface area contributed by atoms with E-state index in [1.807, 2.05) is 0 Å². The average Bonchev–Trinajstić information content (AvgIpc) is 2.70. The third-order valence-corrected chi connectivity index (χ3v) is 4.98. The zero-order chi connectivity index (χ0) is 19.1. The van der Waals surface area contributed by atoms with Crippen LogP contribution in [0, 0.1) is 16.0 Å². The molecule has 0 heterocycles. The molecule has 0 spiro atoms. The van der Waals surface area contributed by atoms with Crippen LogP contribution in [-0.2, 0) is 0 Å². The van der Waals surface area contributed by atoms with E-state index < -0.39 is 10.8 Å². The third kappa shape index (κ3) is 5.29. The van der Waals surface area contributed by atoms with Crippen LogP contribution in [0.1, 0.15) is 48.9 Å². The minimum Gasteiger partial charge on any atom is -0.494 e. The van der Waals surface area contributed by atoms with Crippen molar-refractivity contribution < 1.29 is 14.5 Å². The van der Waals surface area contributed by atoms with Crippen molar-refractivity contribution in [3.05, 3.63) is 64.2 Å². The normalized spacial score (nSPS) is 14.5. The molecular weight excluding hydrogens is 344 g/mol. The minimum atomic E-state index is -0.557. The summed E-state index contributed by atoms with van der Waals surface area (Å²) in [6, 6.07) is 13.0. The van der Waals surface area contributed by atoms with E-state index in [9.17, 15) is 14.9 Å². The summed E-state index contributed by atoms with van der Waals surface area (Å²) >= 11 is 0. The molecule has 27 heavy (non-hydrogen) atoms. The van der Waals surface area contributed by atoms with E-state index in [4.69, 9.17) is 4.74 Å². The van der Waals surface area contributed by atoms with Crippen molar-refractivity contribution in [2.24, 2.45) is 5.92 Å². The quantitative estimate of drug-likeness (QED) is 0.538. The fourth-order valence-electron chi connectivity index (χ4n) is 3.48. The largest absolute Gasteiger partial charge is 0.494 e. The van der Waals surface area contributed by atoms with Gasteiger partial charge < -0.3 is 10.1 Å². The van der Waals surface area contributed by atoms with Gasteiger partial charge in [0.15, 0.2) is 0 Å². The van der Waals surface area contributed by atoms with Crippen molar-refractivity contribution >= 4 is 17.3 Å². The highest BCUT2D eigenvalue weighted by molar-refractivity contribution is 6.07. The van der Waals surface area contributed by atoms with Gasteiger partial charge in [-0.05, 0) is 42.7 Å². The van der Waals surface area contributed by atoms with Crippen molar-refractivity contribution in [1.82, 2.24) is 0 Å². The lowest BCUT2D eigenvalue weighted by Crippen LogP contribution is -2.14. The summed E-state index contributed by atoms with van der Waals surface area (Å²) in [6.07, 6.45) is 7.71. The molecule has 0 aliphatic heterocycles. The summed E-state index contributed by atoms with van der Waals surface area (Å²) in [5, 5.41) is 13.7. The number of amides is 1. The first-order valence-corrected chi connectivity index (χ1v) is 9.41. The van der Waals surface area contributed by atoms with Crippen molar-refractivity contribution in [2.75, 3.05) is 11.9 Å². The zero-order valence-electron chi connectivity index (χ0n) is 15.2. The first-order valence-electron chi connectivity index (χ1n) is 9.41. The number of nitrogens with one attached hydrogen (secondary N) is 1. The molecule has 1 N–H and O–H groups in total. The molecule has 0 radical (unpaired) electrons. The van der Waals surface area contributed by atoms with Crippen molar-refractivity contribution in [2.45, 2.75) is 38.5 Å². The maximum Gasteiger partial charge on any atom is 0.282 e. The van der Waals surface area contributed by atoms with Gasteiger partial charge in [0.25, 0.3) is 11.6 Å². The number of nitrogens with zero attached hydrogens (tertiary/aromatic N) is 1. The number of carbonyl (C=O) groups excluding carboxylic acids is 1. The fraction of sp³-hybridized carbons (Fsp3) is 0.381. The van der Waals surface area contributed by atoms with Crippen LogP contribution in [0.4, 0.5) is 11.4 Å². The first-order chi connectivity index (χ1) is 13.1. The lowest BCUT2D eigenvalue weighted by molar-refractivity contribution is -0.385. The number of anilines is 1. The van der Waals surface area contributed by atoms with Crippen LogP contribution in [-0.4, -0.2) is 17.4 Å². The van der Waals surface area contributed by atoms with E-state index in [0.29, 0.717) is 12.3 Å². The Morgan fingerprint density at radius 3 is 2.48 bits per heavy atom. The van der Waals surface area contributed by atoms with Crippen molar-refractivity contribution in [1.29, 1.82) is 0 Å². The number of benzene rings is 2. The van der Waals surface area contributed by atoms with Gasteiger partial charge in [0.1, 0.15) is 11.3 Å². The molecule has 1 saturated carbocycles. The molecule has 1 fully saturated rings. The van der Waals surface area contributed by atoms with Crippen LogP contribution in [0.25, 0.3) is 0 Å². The molecular formula is C21H24N2O4. The predicted octanol–water partition coefficient (Wildman–Crippen LogP) is 5.20. The number of hydrogen-bond acceptors (Lipinski definition) is 4. The van der Waals surface area contributed by atoms with Crippen molar-refractivity contribution in [3.63, 3.8) is 0 Å². The molecule has 3 rings (SSSR count). The third-order valence-electron chi connectivity index (χ3n) is 4.98. The lowest BCUT2D eigenvalue weighted by Gasteiger charge is -2.21. The molecule has 2 aromatic carbocycles. The second kappa shape index (κ2) is 9.16. The van der Waals surface area contributed by atoms with Gasteiger partial charge in [-0.2, -0.15) is 0 Å². The van der Waals surface area contributed by atoms with Gasteiger partial charge in [-0.3, -0.25) is 14.9 Å². The fourth-order valence-corrected chi connectivity index (χ4v) is 3.48. The number of nitro benzene ring substituents is 1. The standard InChI is InChI=1S/C21H24N2O4/c24-21(19-8-4-5-9-20(19)23(25)26)22-17-10-12-18(13-11-17)27-15-14-16-6-2-1-3-7-16/h4-5,8-13,16H,1-3,6-7,14-15H2,(H,22,24). The highest BCUT2D eigenvalue weighted by Gasteiger charge is 2.19. The number of nitro groups is 1. The summed E-state index contributed by atoms with van der Waals surface area (Å²) in [5.41, 5.74) is 0.394. The Kier molecular flexibility index (Phi) is 6.41. The van der Waals surface area contributed by atoms with Crippen LogP contribution in [0.5, 0.6) is 5.75 Å². The number of ether oxygens (including phenoxy) is 1. The molecule has 2 aromatic rings. The topological polar surface area (TPSA) is 81.5 Å². The van der Waals surface area contributed by atoms with E-state index >= 15 is 0 Å². The van der Waals surface area contributed by atoms with E-state index in [-0.39, 0.29) is 11.3 Å². The van der Waals surface area contributed by atoms with E-state index in [1.54, 1.807) is 30.3 Å². The van der Waals surface area contributed by atoms with Gasteiger partial charge in [0, 0.05) is 11.8 Å². The highest BCUT2D eigenvalue weighted by Crippen LogP contribution is 2.27. The van der Waals surface area contributed by atoms with Gasteiger partial charge >= 0.3 is 0 Å². The van der Waals surface area contributed by atoms with Gasteiger partial charge in [0.2, 0.25) is 0 Å². The van der Waals surface area contributed by atoms with Gasteiger partial charge in [-0.15, -0.1) is 0 Å². The molecule has 0 aromatic heterocycles. The SMILES string of the molecule is O=C(Nc1ccc(OCCC2CCCCC2)cc1)c1ccccc1[N+](=O)[O-]. The second-order valence-corrected chi connectivity index (χ2v) is 6.89. The van der Waals surface area contributed by atoms with Crippen LogP contribution < -0.4 is 10.1 Å². The van der Waals surface area contributed by atoms with Crippen molar-refractivity contribution in [3.8, 4) is 5.75 Å². The van der Waals surface area contributed by atoms with Gasteiger partial charge in [0.05, 0.1) is 11.5 Å². The molecule has 6 nitrogen and oxygen atoms in total. The molecule has 1 aliphatic carbocycles. The van der Waals surface area contributed by atoms with E-state index in [2.05, 4.69) is 5.32 Å². The average molecular weight is 368 g/mol. The smallest absolute Gasteiger partial charge is 0.282 e. The Morgan fingerprint density at radius 1 is 1.07 bits per heavy atom. The lowest BCUT2D eigenvalue weighted by atomic mass is 9.87. The molecule has 142 valence electrons. The van der Waals surface area contributed by atoms with Crippen LogP contribution in [0.15, 0.2) is 48.5 Å². The molecule has 0 saturated heterocycles. The number of hydrogen-bond donors (Lipinski definition) is 1. The van der Waals surface area contributed by atoms with Gasteiger partial charge in [-0.25, -0.2) is 0 Å². The molecule has 0 bridgehead atoms. The summed E-state index contributed by atoms with van der Waals surface area (Å²) in [5.74, 6) is 1.03. The summed E-state index contributed by atoms with van der Waals surface area (Å²) in [6.45, 7) is 0.701. The molecule has 1 aliphatic rings. The Balaban J connectivity index is 1.53. The number of para-hydroxylation sites is 1. The highest BCUT2D eigenvalue weighted by atomic mass is 16.6. The number of rotatable bonds is 7. The Hall–Kier alpha value is -2.89. The first kappa shape index (κ1) is 18.9. The van der Waals surface area contributed by atoms with Crippen LogP contribution >= 0.6 is 0 Å². The molecule has 0 unspecified atom stereocenters. The summed E-state index contributed by atoms with van der Waals surface area (Å²) in [4.78, 5) is 22.8. The summed E-state index contributed by atoms with van der Waals surface area (Å²) in [7, 11) is 0. The Bertz CT molecular complexity index is 783. The maximum absolute atomic E-state index is 12.3. The van der Waals surface area contributed by atoms with E-state index in [0.717, 1.165) is 18.1 Å². The molecule has 0 atom stereocenters.